The fourth-order valence-electron chi connectivity index (χ4n) is 1.39. The van der Waals surface area contributed by atoms with Crippen molar-refractivity contribution in [3.8, 4) is 0 Å². The molecule has 1 aromatic carbocycles. The Balaban J connectivity index is 3.00. The minimum absolute atomic E-state index is 0.0555. The number of ketones is 1. The highest BCUT2D eigenvalue weighted by atomic mass is 16.9. The first-order valence-corrected chi connectivity index (χ1v) is 5.22. The predicted molar refractivity (Wildman–Crippen MR) is 62.0 cm³/mol. The predicted octanol–water partition coefficient (Wildman–Crippen LogP) is 2.62. The maximum atomic E-state index is 12.1. The molecule has 0 aliphatic rings. The van der Waals surface area contributed by atoms with Gasteiger partial charge < -0.3 is 4.84 Å². The first-order chi connectivity index (χ1) is 7.82. The Hall–Kier alpha value is -1.91. The number of carbonyl (C=O) groups excluding carboxylic acids is 1. The van der Waals surface area contributed by atoms with E-state index in [4.69, 9.17) is 0 Å². The highest BCUT2D eigenvalue weighted by molar-refractivity contribution is 6.00. The Labute approximate surface area is 99.5 Å². The van der Waals surface area contributed by atoms with Crippen LogP contribution >= 0.6 is 0 Å². The standard InChI is InChI=1S/C12H15NO4/c1-12(2,3)11(14)10-7-5-4-6-9(10)8-17-13(15)16/h4-7H,8H2,1-3H3. The van der Waals surface area contributed by atoms with Gasteiger partial charge in [-0.25, -0.2) is 0 Å². The molecule has 0 bridgehead atoms. The molecule has 17 heavy (non-hydrogen) atoms. The summed E-state index contributed by atoms with van der Waals surface area (Å²) in [6.45, 7) is 5.21. The Bertz CT molecular complexity index is 434. The number of nitrogens with zero attached hydrogens (tertiary/aromatic N) is 1. The molecule has 0 radical (unpaired) electrons. The third-order valence-corrected chi connectivity index (χ3v) is 2.27. The average Bonchev–Trinajstić information content (AvgIpc) is 2.24. The molecule has 5 heteroatoms. The molecular formula is C12H15NO4. The van der Waals surface area contributed by atoms with E-state index < -0.39 is 10.5 Å². The van der Waals surface area contributed by atoms with Crippen molar-refractivity contribution in [2.24, 2.45) is 5.41 Å². The molecule has 5 nitrogen and oxygen atoms in total. The number of hydrogen-bond donors (Lipinski definition) is 0. The number of carbonyl (C=O) groups is 1. The Kier molecular flexibility index (Phi) is 3.83. The maximum Gasteiger partial charge on any atom is 0.294 e. The van der Waals surface area contributed by atoms with Gasteiger partial charge in [-0.3, -0.25) is 4.79 Å². The van der Waals surface area contributed by atoms with Gasteiger partial charge in [-0.15, -0.1) is 10.1 Å². The zero-order valence-electron chi connectivity index (χ0n) is 10.1. The molecular weight excluding hydrogens is 222 g/mol. The Morgan fingerprint density at radius 2 is 1.94 bits per heavy atom. The van der Waals surface area contributed by atoms with Gasteiger partial charge in [0.05, 0.1) is 0 Å². The van der Waals surface area contributed by atoms with E-state index in [0.29, 0.717) is 11.1 Å². The highest BCUT2D eigenvalue weighted by Crippen LogP contribution is 2.23. The maximum absolute atomic E-state index is 12.1. The summed E-state index contributed by atoms with van der Waals surface area (Å²) in [5.74, 6) is -0.0555. The summed E-state index contributed by atoms with van der Waals surface area (Å²) in [6.07, 6.45) is 0. The average molecular weight is 237 g/mol. The van der Waals surface area contributed by atoms with Gasteiger partial charge in [0.2, 0.25) is 0 Å². The first-order valence-electron chi connectivity index (χ1n) is 5.22. The van der Waals surface area contributed by atoms with Crippen LogP contribution in [0.3, 0.4) is 0 Å². The van der Waals surface area contributed by atoms with Crippen molar-refractivity contribution in [3.05, 3.63) is 45.5 Å². The topological polar surface area (TPSA) is 69.4 Å². The van der Waals surface area contributed by atoms with Gasteiger partial charge in [0.15, 0.2) is 5.78 Å². The molecule has 0 fully saturated rings. The molecule has 0 atom stereocenters. The second kappa shape index (κ2) is 4.95. The summed E-state index contributed by atoms with van der Waals surface area (Å²) in [6, 6.07) is 6.77. The lowest BCUT2D eigenvalue weighted by molar-refractivity contribution is -0.763. The molecule has 0 heterocycles. The van der Waals surface area contributed by atoms with Gasteiger partial charge >= 0.3 is 0 Å². The van der Waals surface area contributed by atoms with E-state index >= 15 is 0 Å². The van der Waals surface area contributed by atoms with Crippen LogP contribution < -0.4 is 0 Å². The smallest absolute Gasteiger partial charge is 0.294 e. The molecule has 0 N–H and O–H groups in total. The molecule has 0 spiro atoms. The quantitative estimate of drug-likeness (QED) is 0.458. The minimum Gasteiger partial charge on any atom is -0.309 e. The van der Waals surface area contributed by atoms with Crippen molar-refractivity contribution in [1.29, 1.82) is 0 Å². The fraction of sp³-hybridized carbons (Fsp3) is 0.417. The summed E-state index contributed by atoms with van der Waals surface area (Å²) >= 11 is 0. The summed E-state index contributed by atoms with van der Waals surface area (Å²) < 4.78 is 0. The van der Waals surface area contributed by atoms with E-state index in [1.54, 1.807) is 45.0 Å². The van der Waals surface area contributed by atoms with E-state index in [1.165, 1.54) is 0 Å². The van der Waals surface area contributed by atoms with Crippen LogP contribution in [0.25, 0.3) is 0 Å². The number of benzene rings is 1. The van der Waals surface area contributed by atoms with Crippen LogP contribution in [0.15, 0.2) is 24.3 Å². The van der Waals surface area contributed by atoms with E-state index in [9.17, 15) is 14.9 Å². The summed E-state index contributed by atoms with van der Waals surface area (Å²) in [5.41, 5.74) is 0.482. The second-order valence-electron chi connectivity index (χ2n) is 4.73. The van der Waals surface area contributed by atoms with Crippen LogP contribution in [0.5, 0.6) is 0 Å². The molecule has 0 unspecified atom stereocenters. The van der Waals surface area contributed by atoms with Crippen molar-refractivity contribution in [1.82, 2.24) is 0 Å². The van der Waals surface area contributed by atoms with E-state index in [-0.39, 0.29) is 12.4 Å². The van der Waals surface area contributed by atoms with Gasteiger partial charge in [-0.2, -0.15) is 0 Å². The van der Waals surface area contributed by atoms with Gasteiger partial charge in [-0.1, -0.05) is 45.0 Å². The van der Waals surface area contributed by atoms with Crippen LogP contribution in [-0.2, 0) is 11.4 Å². The first kappa shape index (κ1) is 13.2. The molecule has 0 amide bonds. The van der Waals surface area contributed by atoms with Crippen molar-refractivity contribution in [3.63, 3.8) is 0 Å². The minimum atomic E-state index is -0.863. The lowest BCUT2D eigenvalue weighted by Gasteiger charge is -2.18. The molecule has 0 aliphatic carbocycles. The van der Waals surface area contributed by atoms with E-state index in [1.807, 2.05) is 0 Å². The molecule has 0 saturated heterocycles. The number of hydrogen-bond acceptors (Lipinski definition) is 4. The second-order valence-corrected chi connectivity index (χ2v) is 4.73. The van der Waals surface area contributed by atoms with Crippen LogP contribution in [-0.4, -0.2) is 10.9 Å². The van der Waals surface area contributed by atoms with Crippen LogP contribution in [0.1, 0.15) is 36.7 Å². The summed E-state index contributed by atoms with van der Waals surface area (Å²) in [7, 11) is 0. The van der Waals surface area contributed by atoms with Crippen LogP contribution in [0.2, 0.25) is 0 Å². The van der Waals surface area contributed by atoms with Crippen molar-refractivity contribution < 1.29 is 14.7 Å². The summed E-state index contributed by atoms with van der Waals surface area (Å²) in [4.78, 5) is 26.6. The molecule has 1 rings (SSSR count). The Morgan fingerprint density at radius 3 is 2.47 bits per heavy atom. The molecule has 0 aliphatic heterocycles. The van der Waals surface area contributed by atoms with Crippen LogP contribution in [0, 0.1) is 15.5 Å². The third-order valence-electron chi connectivity index (χ3n) is 2.27. The van der Waals surface area contributed by atoms with Gasteiger partial charge in [-0.05, 0) is 5.56 Å². The van der Waals surface area contributed by atoms with Crippen LogP contribution in [0.4, 0.5) is 0 Å². The largest absolute Gasteiger partial charge is 0.309 e. The third kappa shape index (κ3) is 3.55. The van der Waals surface area contributed by atoms with Gasteiger partial charge in [0, 0.05) is 11.0 Å². The lowest BCUT2D eigenvalue weighted by Crippen LogP contribution is -2.22. The lowest BCUT2D eigenvalue weighted by atomic mass is 9.85. The SMILES string of the molecule is CC(C)(C)C(=O)c1ccccc1CO[N+](=O)[O-]. The van der Waals surface area contributed by atoms with Gasteiger partial charge in [0.25, 0.3) is 5.09 Å². The van der Waals surface area contributed by atoms with Crippen molar-refractivity contribution in [2.75, 3.05) is 0 Å². The molecule has 92 valence electrons. The summed E-state index contributed by atoms with van der Waals surface area (Å²) in [5, 5.41) is 9.29. The van der Waals surface area contributed by atoms with E-state index in [2.05, 4.69) is 4.84 Å². The van der Waals surface area contributed by atoms with Gasteiger partial charge in [0.1, 0.15) is 6.61 Å². The number of rotatable bonds is 4. The van der Waals surface area contributed by atoms with Crippen molar-refractivity contribution >= 4 is 5.78 Å². The number of Topliss-reactive ketones (excluding diaryl/α,β-unsaturated/α-hetero) is 1. The van der Waals surface area contributed by atoms with Crippen molar-refractivity contribution in [2.45, 2.75) is 27.4 Å². The zero-order chi connectivity index (χ0) is 13.1. The highest BCUT2D eigenvalue weighted by Gasteiger charge is 2.24. The molecule has 0 saturated carbocycles. The molecule has 0 aromatic heterocycles. The monoisotopic (exact) mass is 237 g/mol. The normalized spacial score (nSPS) is 11.0. The zero-order valence-corrected chi connectivity index (χ0v) is 10.1. The van der Waals surface area contributed by atoms with E-state index in [0.717, 1.165) is 0 Å². The molecule has 1 aromatic rings. The Morgan fingerprint density at radius 1 is 1.35 bits per heavy atom. The fourth-order valence-corrected chi connectivity index (χ4v) is 1.39.